The zero-order valence-electron chi connectivity index (χ0n) is 31.4. The molecule has 1 fully saturated rings. The normalized spacial score (nSPS) is 15.8. The van der Waals surface area contributed by atoms with Crippen LogP contribution in [0.15, 0.2) is 188 Å². The van der Waals surface area contributed by atoms with Crippen molar-refractivity contribution in [3.8, 4) is 44.5 Å². The number of benzene rings is 8. The van der Waals surface area contributed by atoms with Crippen LogP contribution < -0.4 is 4.90 Å². The van der Waals surface area contributed by atoms with Crippen molar-refractivity contribution < 1.29 is 0 Å². The summed E-state index contributed by atoms with van der Waals surface area (Å²) in [6, 6.07) is 71.1. The van der Waals surface area contributed by atoms with Gasteiger partial charge in [0.05, 0.1) is 11.1 Å². The molecule has 0 saturated heterocycles. The molecule has 0 aliphatic heterocycles. The second kappa shape index (κ2) is 12.0. The molecule has 2 spiro atoms. The molecule has 1 nitrogen and oxygen atoms in total. The van der Waals surface area contributed by atoms with Crippen LogP contribution in [0.25, 0.3) is 44.5 Å². The smallest absolute Gasteiger partial charge is 0.0725 e. The van der Waals surface area contributed by atoms with Gasteiger partial charge in [0.15, 0.2) is 0 Å². The first-order valence-corrected chi connectivity index (χ1v) is 20.4. The average molecular weight is 716 g/mol. The number of para-hydroxylation sites is 1. The van der Waals surface area contributed by atoms with E-state index in [4.69, 9.17) is 0 Å². The highest BCUT2D eigenvalue weighted by molar-refractivity contribution is 5.98. The Labute approximate surface area is 329 Å². The van der Waals surface area contributed by atoms with E-state index in [1.807, 2.05) is 0 Å². The topological polar surface area (TPSA) is 3.24 Å². The van der Waals surface area contributed by atoms with Gasteiger partial charge in [-0.2, -0.15) is 0 Å². The Kier molecular flexibility index (Phi) is 6.84. The van der Waals surface area contributed by atoms with Crippen molar-refractivity contribution in [3.05, 3.63) is 221 Å². The van der Waals surface area contributed by atoms with E-state index in [1.54, 1.807) is 0 Å². The monoisotopic (exact) mass is 715 g/mol. The lowest BCUT2D eigenvalue weighted by Gasteiger charge is -2.37. The molecule has 1 saturated carbocycles. The Morgan fingerprint density at radius 3 is 1.45 bits per heavy atom. The lowest BCUT2D eigenvalue weighted by molar-refractivity contribution is 0.353. The molecular formula is C55H41N. The van der Waals surface area contributed by atoms with Gasteiger partial charge in [-0.15, -0.1) is 0 Å². The van der Waals surface area contributed by atoms with Crippen molar-refractivity contribution in [2.75, 3.05) is 4.90 Å². The quantitative estimate of drug-likeness (QED) is 0.175. The van der Waals surface area contributed by atoms with Gasteiger partial charge < -0.3 is 4.90 Å². The molecule has 56 heavy (non-hydrogen) atoms. The maximum Gasteiger partial charge on any atom is 0.0725 e. The highest BCUT2D eigenvalue weighted by atomic mass is 15.1. The molecule has 8 aromatic carbocycles. The third-order valence-corrected chi connectivity index (χ3v) is 13.7. The molecule has 1 heteroatoms. The molecule has 4 aliphatic rings. The Balaban J connectivity index is 1.11. The summed E-state index contributed by atoms with van der Waals surface area (Å²) in [4.78, 5) is 2.55. The number of rotatable bonds is 4. The standard InChI is InChI=1S/C55H41N/c1-3-17-37(18-4-1)40-19-9-14-28-53(40)56(39-29-31-45-41-20-5-10-24-47(41)54(52(45)36-39)33-15-2-16-34-54)38-30-32-51-46(35-38)44-23-8-13-27-50(44)55(51)48-25-11-6-21-42(48)43-22-7-12-26-49(43)55/h1,3-14,17-32,35-36H,2,15-16,33-34H2. The third-order valence-electron chi connectivity index (χ3n) is 13.7. The minimum atomic E-state index is -0.364. The maximum absolute atomic E-state index is 2.56. The van der Waals surface area contributed by atoms with Crippen molar-refractivity contribution in [1.29, 1.82) is 0 Å². The van der Waals surface area contributed by atoms with Crippen molar-refractivity contribution >= 4 is 17.1 Å². The summed E-state index contributed by atoms with van der Waals surface area (Å²) in [5.74, 6) is 0. The van der Waals surface area contributed by atoms with Crippen LogP contribution in [0.4, 0.5) is 17.1 Å². The van der Waals surface area contributed by atoms with E-state index in [0.29, 0.717) is 0 Å². The first kappa shape index (κ1) is 31.9. The van der Waals surface area contributed by atoms with E-state index in [9.17, 15) is 0 Å². The Morgan fingerprint density at radius 1 is 0.321 bits per heavy atom. The Hall–Kier alpha value is -6.44. The fraction of sp³-hybridized carbons (Fsp3) is 0.127. The second-order valence-corrected chi connectivity index (χ2v) is 16.3. The first-order valence-electron chi connectivity index (χ1n) is 20.4. The molecule has 0 bridgehead atoms. The van der Waals surface area contributed by atoms with Crippen molar-refractivity contribution in [2.24, 2.45) is 0 Å². The van der Waals surface area contributed by atoms with Gasteiger partial charge in [-0.25, -0.2) is 0 Å². The van der Waals surface area contributed by atoms with Gasteiger partial charge in [-0.05, 0) is 115 Å². The van der Waals surface area contributed by atoms with E-state index in [0.717, 1.165) is 0 Å². The summed E-state index contributed by atoms with van der Waals surface area (Å²) >= 11 is 0. The van der Waals surface area contributed by atoms with Gasteiger partial charge >= 0.3 is 0 Å². The van der Waals surface area contributed by atoms with Gasteiger partial charge in [-0.1, -0.05) is 177 Å². The molecule has 0 atom stereocenters. The van der Waals surface area contributed by atoms with Gasteiger partial charge in [0.25, 0.3) is 0 Å². The Bertz CT molecular complexity index is 2810. The van der Waals surface area contributed by atoms with Crippen LogP contribution in [0.2, 0.25) is 0 Å². The highest BCUT2D eigenvalue weighted by Crippen LogP contribution is 2.63. The van der Waals surface area contributed by atoms with Crippen molar-refractivity contribution in [2.45, 2.75) is 42.9 Å². The molecule has 12 rings (SSSR count). The van der Waals surface area contributed by atoms with Crippen LogP contribution in [0.1, 0.15) is 65.5 Å². The molecule has 0 radical (unpaired) electrons. The summed E-state index contributed by atoms with van der Waals surface area (Å²) in [5.41, 5.74) is 22.4. The fourth-order valence-corrected chi connectivity index (χ4v) is 11.5. The second-order valence-electron chi connectivity index (χ2n) is 16.3. The van der Waals surface area contributed by atoms with Crippen LogP contribution in [0.5, 0.6) is 0 Å². The van der Waals surface area contributed by atoms with Crippen molar-refractivity contribution in [1.82, 2.24) is 0 Å². The van der Waals surface area contributed by atoms with E-state index in [1.165, 1.54) is 127 Å². The van der Waals surface area contributed by atoms with E-state index < -0.39 is 0 Å². The SMILES string of the molecule is c1ccc(-c2ccccc2N(c2ccc3c(c2)-c2ccccc2C32c3ccccc3-c3ccccc32)c2ccc3c(c2)C2(CCCCC2)c2ccccc2-3)cc1. The Morgan fingerprint density at radius 2 is 0.786 bits per heavy atom. The summed E-state index contributed by atoms with van der Waals surface area (Å²) in [6.07, 6.45) is 6.29. The largest absolute Gasteiger partial charge is 0.310 e. The molecule has 4 aliphatic carbocycles. The first-order chi connectivity index (χ1) is 27.8. The van der Waals surface area contributed by atoms with Crippen LogP contribution in [0, 0.1) is 0 Å². The summed E-state index contributed by atoms with van der Waals surface area (Å²) < 4.78 is 0. The van der Waals surface area contributed by atoms with Crippen LogP contribution >= 0.6 is 0 Å². The van der Waals surface area contributed by atoms with Gasteiger partial charge in [-0.3, -0.25) is 0 Å². The number of fused-ring (bicyclic) bond motifs is 15. The van der Waals surface area contributed by atoms with Crippen molar-refractivity contribution in [3.63, 3.8) is 0 Å². The fourth-order valence-electron chi connectivity index (χ4n) is 11.5. The molecule has 0 aromatic heterocycles. The highest BCUT2D eigenvalue weighted by Gasteiger charge is 2.51. The molecule has 0 amide bonds. The number of nitrogens with zero attached hydrogens (tertiary/aromatic N) is 1. The number of hydrogen-bond acceptors (Lipinski definition) is 1. The summed E-state index contributed by atoms with van der Waals surface area (Å²) in [7, 11) is 0. The molecule has 266 valence electrons. The van der Waals surface area contributed by atoms with E-state index in [-0.39, 0.29) is 10.8 Å². The molecule has 8 aromatic rings. The molecule has 0 unspecified atom stereocenters. The molecule has 0 N–H and O–H groups in total. The minimum absolute atomic E-state index is 0.0668. The van der Waals surface area contributed by atoms with Gasteiger partial charge in [0.2, 0.25) is 0 Å². The van der Waals surface area contributed by atoms with E-state index >= 15 is 0 Å². The average Bonchev–Trinajstić information content (AvgIpc) is 3.84. The van der Waals surface area contributed by atoms with Crippen LogP contribution in [-0.4, -0.2) is 0 Å². The lowest BCUT2D eigenvalue weighted by atomic mass is 9.68. The maximum atomic E-state index is 2.56. The number of anilines is 3. The van der Waals surface area contributed by atoms with Crippen LogP contribution in [-0.2, 0) is 10.8 Å². The van der Waals surface area contributed by atoms with E-state index in [2.05, 4.69) is 193 Å². The predicted octanol–water partition coefficient (Wildman–Crippen LogP) is 14.4. The molecule has 0 heterocycles. The minimum Gasteiger partial charge on any atom is -0.310 e. The summed E-state index contributed by atoms with van der Waals surface area (Å²) in [6.45, 7) is 0. The van der Waals surface area contributed by atoms with Gasteiger partial charge in [0.1, 0.15) is 0 Å². The lowest BCUT2D eigenvalue weighted by Crippen LogP contribution is -2.28. The number of hydrogen-bond donors (Lipinski definition) is 0. The zero-order chi connectivity index (χ0) is 36.8. The zero-order valence-corrected chi connectivity index (χ0v) is 31.4. The molecular weight excluding hydrogens is 675 g/mol. The van der Waals surface area contributed by atoms with Gasteiger partial charge in [0, 0.05) is 22.4 Å². The third kappa shape index (κ3) is 4.21. The predicted molar refractivity (Wildman–Crippen MR) is 232 cm³/mol. The summed E-state index contributed by atoms with van der Waals surface area (Å²) in [5, 5.41) is 0. The van der Waals surface area contributed by atoms with Crippen LogP contribution in [0.3, 0.4) is 0 Å².